The number of piperidine rings is 1. The highest BCUT2D eigenvalue weighted by atomic mass is 19.4. The summed E-state index contributed by atoms with van der Waals surface area (Å²) in [7, 11) is 0. The molecule has 1 saturated heterocycles. The molecule has 3 N–H and O–H groups in total. The molecule has 0 bridgehead atoms. The van der Waals surface area contributed by atoms with E-state index >= 15 is 0 Å². The minimum atomic E-state index is -4.89. The van der Waals surface area contributed by atoms with Gasteiger partial charge in [0, 0.05) is 24.2 Å². The van der Waals surface area contributed by atoms with Crippen molar-refractivity contribution >= 4 is 16.6 Å². The van der Waals surface area contributed by atoms with E-state index in [0.717, 1.165) is 42.8 Å². The quantitative estimate of drug-likeness (QED) is 0.276. The highest BCUT2D eigenvalue weighted by Gasteiger charge is 2.56. The topological polar surface area (TPSA) is 72.4 Å². The van der Waals surface area contributed by atoms with Crippen LogP contribution in [-0.2, 0) is 18.4 Å². The van der Waals surface area contributed by atoms with Crippen molar-refractivity contribution in [2.45, 2.75) is 82.5 Å². The maximum atomic E-state index is 14.5. The van der Waals surface area contributed by atoms with E-state index in [1.54, 1.807) is 32.0 Å². The lowest BCUT2D eigenvalue weighted by Gasteiger charge is -2.38. The summed E-state index contributed by atoms with van der Waals surface area (Å²) in [5.41, 5.74) is 0.485. The van der Waals surface area contributed by atoms with Crippen molar-refractivity contribution in [3.63, 3.8) is 0 Å². The van der Waals surface area contributed by atoms with Gasteiger partial charge in [0.2, 0.25) is 0 Å². The van der Waals surface area contributed by atoms with Crippen LogP contribution in [0.1, 0.15) is 74.9 Å². The van der Waals surface area contributed by atoms with Crippen molar-refractivity contribution in [1.29, 1.82) is 0 Å². The Balaban J connectivity index is 1.40. The molecule has 214 valence electrons. The lowest BCUT2D eigenvalue weighted by molar-refractivity contribution is -0.266. The number of likely N-dealkylation sites (tertiary alicyclic amines) is 1. The van der Waals surface area contributed by atoms with Crippen LogP contribution < -0.4 is 0 Å². The molecule has 1 atom stereocenters. The molecule has 3 heterocycles. The number of nitrogens with zero attached hydrogens (tertiary/aromatic N) is 2. The van der Waals surface area contributed by atoms with Crippen LogP contribution in [0, 0.1) is 0 Å². The van der Waals surface area contributed by atoms with E-state index in [1.807, 2.05) is 24.3 Å². The Kier molecular flexibility index (Phi) is 7.86. The number of aromatic amines is 1. The maximum Gasteiger partial charge on any atom is 0.417 e. The first-order valence-corrected chi connectivity index (χ1v) is 14.1. The Morgan fingerprint density at radius 3 is 2.50 bits per heavy atom. The summed E-state index contributed by atoms with van der Waals surface area (Å²) in [5.74, 6) is -0.0822. The molecule has 1 unspecified atom stereocenters. The molecule has 3 aromatic rings. The van der Waals surface area contributed by atoms with Gasteiger partial charge in [-0.2, -0.15) is 13.2 Å². The molecule has 0 spiro atoms. The molecule has 1 aliphatic heterocycles. The highest BCUT2D eigenvalue weighted by molar-refractivity contribution is 5.76. The summed E-state index contributed by atoms with van der Waals surface area (Å²) in [6, 6.07) is 10.4. The van der Waals surface area contributed by atoms with Gasteiger partial charge >= 0.3 is 6.18 Å². The SMILES string of the molecule is CC(C)(CC(O)(Cc1cc2nc(CN3CCCCC3)ccc2[nH]1)C(F)(F)F)c1cc(C2=CC=CCC2)ccc1O. The summed E-state index contributed by atoms with van der Waals surface area (Å²) >= 11 is 0. The Hall–Kier alpha value is -3.10. The zero-order chi connectivity index (χ0) is 28.5. The molecule has 8 heteroatoms. The van der Waals surface area contributed by atoms with Crippen molar-refractivity contribution in [3.05, 3.63) is 77.1 Å². The third-order valence-electron chi connectivity index (χ3n) is 8.28. The Morgan fingerprint density at radius 2 is 1.80 bits per heavy atom. The highest BCUT2D eigenvalue weighted by Crippen LogP contribution is 2.45. The fourth-order valence-electron chi connectivity index (χ4n) is 6.16. The number of nitrogens with one attached hydrogen (secondary N) is 1. The predicted octanol–water partition coefficient (Wildman–Crippen LogP) is 7.19. The van der Waals surface area contributed by atoms with E-state index in [4.69, 9.17) is 4.98 Å². The number of hydrogen-bond acceptors (Lipinski definition) is 4. The van der Waals surface area contributed by atoms with Crippen molar-refractivity contribution in [3.8, 4) is 5.75 Å². The number of allylic oxidation sites excluding steroid dienone is 4. The molecule has 1 aromatic carbocycles. The van der Waals surface area contributed by atoms with Gasteiger partial charge in [-0.25, -0.2) is 4.98 Å². The number of phenols is 1. The standard InChI is InChI=1S/C32H38F3N3O2/c1-30(2,26-17-23(11-14-29(26)39)22-9-5-3-6-10-22)21-31(40,32(33,34)35)19-25-18-28-27(37-25)13-12-24(36-28)20-38-15-7-4-8-16-38/h3,5,9,11-14,17-18,37,39-40H,4,6-8,10,15-16,19-21H2,1-2H3. The van der Waals surface area contributed by atoms with E-state index < -0.39 is 30.0 Å². The molecule has 5 rings (SSSR count). The largest absolute Gasteiger partial charge is 0.508 e. The number of aromatic nitrogens is 2. The monoisotopic (exact) mass is 553 g/mol. The third kappa shape index (κ3) is 6.13. The fourth-order valence-corrected chi connectivity index (χ4v) is 6.16. The maximum absolute atomic E-state index is 14.5. The van der Waals surface area contributed by atoms with E-state index in [2.05, 4.69) is 16.0 Å². The van der Waals surface area contributed by atoms with E-state index in [1.165, 1.54) is 25.3 Å². The predicted molar refractivity (Wildman–Crippen MR) is 152 cm³/mol. The number of halogens is 3. The van der Waals surface area contributed by atoms with Gasteiger partial charge in [0.1, 0.15) is 5.75 Å². The molecule has 0 radical (unpaired) electrons. The first-order chi connectivity index (χ1) is 18.9. The first kappa shape index (κ1) is 28.4. The van der Waals surface area contributed by atoms with Gasteiger partial charge in [-0.3, -0.25) is 4.90 Å². The van der Waals surface area contributed by atoms with Crippen LogP contribution >= 0.6 is 0 Å². The molecule has 0 amide bonds. The van der Waals surface area contributed by atoms with Crippen molar-refractivity contribution < 1.29 is 23.4 Å². The van der Waals surface area contributed by atoms with Gasteiger partial charge in [0.25, 0.3) is 0 Å². The van der Waals surface area contributed by atoms with Crippen LogP contribution in [-0.4, -0.2) is 49.9 Å². The first-order valence-electron chi connectivity index (χ1n) is 14.1. The lowest BCUT2D eigenvalue weighted by atomic mass is 9.72. The van der Waals surface area contributed by atoms with Gasteiger partial charge in [0.15, 0.2) is 5.60 Å². The lowest BCUT2D eigenvalue weighted by Crippen LogP contribution is -2.50. The Bertz CT molecular complexity index is 1420. The molecule has 2 aliphatic rings. The van der Waals surface area contributed by atoms with E-state index in [-0.39, 0.29) is 11.4 Å². The minimum Gasteiger partial charge on any atom is -0.508 e. The number of H-pyrrole nitrogens is 1. The average Bonchev–Trinajstić information content (AvgIpc) is 3.30. The molecule has 1 aliphatic carbocycles. The zero-order valence-corrected chi connectivity index (χ0v) is 23.2. The number of rotatable bonds is 8. The summed E-state index contributed by atoms with van der Waals surface area (Å²) in [6.45, 7) is 6.04. The van der Waals surface area contributed by atoms with Gasteiger partial charge in [0.05, 0.1) is 16.7 Å². The second kappa shape index (κ2) is 11.1. The summed E-state index contributed by atoms with van der Waals surface area (Å²) < 4.78 is 43.6. The smallest absolute Gasteiger partial charge is 0.417 e. The molecular formula is C32H38F3N3O2. The minimum absolute atomic E-state index is 0.0822. The number of aliphatic hydroxyl groups is 1. The van der Waals surface area contributed by atoms with Crippen molar-refractivity contribution in [2.24, 2.45) is 0 Å². The van der Waals surface area contributed by atoms with Gasteiger partial charge in [-0.15, -0.1) is 0 Å². The van der Waals surface area contributed by atoms with Gasteiger partial charge < -0.3 is 15.2 Å². The summed E-state index contributed by atoms with van der Waals surface area (Å²) in [6.07, 6.45) is 5.14. The summed E-state index contributed by atoms with van der Waals surface area (Å²) in [4.78, 5) is 10.1. The molecule has 5 nitrogen and oxygen atoms in total. The molecule has 2 aromatic heterocycles. The number of phenolic OH excluding ortho intramolecular Hbond substituents is 1. The Labute approximate surface area is 233 Å². The molecule has 1 fully saturated rings. The van der Waals surface area contributed by atoms with Gasteiger partial charge in [-0.1, -0.05) is 44.6 Å². The number of pyridine rings is 1. The van der Waals surface area contributed by atoms with Crippen LogP contribution in [0.4, 0.5) is 13.2 Å². The van der Waals surface area contributed by atoms with Crippen LogP contribution in [0.3, 0.4) is 0 Å². The average molecular weight is 554 g/mol. The molecular weight excluding hydrogens is 515 g/mol. The number of hydrogen-bond donors (Lipinski definition) is 3. The fraction of sp³-hybridized carbons (Fsp3) is 0.469. The zero-order valence-electron chi connectivity index (χ0n) is 23.2. The molecule has 40 heavy (non-hydrogen) atoms. The van der Waals surface area contributed by atoms with Gasteiger partial charge in [-0.05, 0) is 92.1 Å². The van der Waals surface area contributed by atoms with Crippen LogP contribution in [0.2, 0.25) is 0 Å². The van der Waals surface area contributed by atoms with E-state index in [9.17, 15) is 23.4 Å². The summed E-state index contributed by atoms with van der Waals surface area (Å²) in [5, 5.41) is 21.9. The molecule has 0 saturated carbocycles. The van der Waals surface area contributed by atoms with Crippen molar-refractivity contribution in [1.82, 2.24) is 14.9 Å². The number of aromatic hydroxyl groups is 1. The van der Waals surface area contributed by atoms with Crippen molar-refractivity contribution in [2.75, 3.05) is 13.1 Å². The van der Waals surface area contributed by atoms with Crippen LogP contribution in [0.15, 0.2) is 54.6 Å². The number of fused-ring (bicyclic) bond motifs is 1. The second-order valence-corrected chi connectivity index (χ2v) is 12.0. The van der Waals surface area contributed by atoms with Crippen LogP contribution in [0.5, 0.6) is 5.75 Å². The third-order valence-corrected chi connectivity index (χ3v) is 8.28. The van der Waals surface area contributed by atoms with E-state index in [0.29, 0.717) is 23.1 Å². The second-order valence-electron chi connectivity index (χ2n) is 12.0. The number of alkyl halides is 3. The number of benzene rings is 1. The normalized spacial score (nSPS) is 18.6. The van der Waals surface area contributed by atoms with Crippen LogP contribution in [0.25, 0.3) is 16.6 Å². The Morgan fingerprint density at radius 1 is 1.02 bits per heavy atom.